The first-order valence-corrected chi connectivity index (χ1v) is 7.28. The predicted molar refractivity (Wildman–Crippen MR) is 69.6 cm³/mol. The van der Waals surface area contributed by atoms with E-state index in [4.69, 9.17) is 0 Å². The average Bonchev–Trinajstić information content (AvgIpc) is 2.81. The number of nitrogens with zero attached hydrogens (tertiary/aromatic N) is 1. The second-order valence-corrected chi connectivity index (χ2v) is 5.82. The Hall–Kier alpha value is -0.480. The summed E-state index contributed by atoms with van der Waals surface area (Å²) in [6, 6.07) is 0.670. The largest absolute Gasteiger partial charge is 0.348 e. The lowest BCUT2D eigenvalue weighted by Gasteiger charge is -2.31. The van der Waals surface area contributed by atoms with Crippen molar-refractivity contribution in [1.29, 1.82) is 0 Å². The number of hydrogen-bond donors (Lipinski definition) is 2. The molecule has 0 aromatic carbocycles. The van der Waals surface area contributed by atoms with Crippen LogP contribution >= 0.6 is 11.8 Å². The Labute approximate surface area is 102 Å². The van der Waals surface area contributed by atoms with Crippen LogP contribution in [-0.4, -0.2) is 27.0 Å². The van der Waals surface area contributed by atoms with Crippen LogP contribution in [0.15, 0.2) is 12.4 Å². The molecule has 1 aliphatic rings. The molecule has 1 aromatic heterocycles. The van der Waals surface area contributed by atoms with E-state index >= 15 is 0 Å². The fourth-order valence-electron chi connectivity index (χ4n) is 2.37. The number of thioether (sulfide) groups is 1. The van der Waals surface area contributed by atoms with Gasteiger partial charge in [0.25, 0.3) is 0 Å². The molecule has 2 N–H and O–H groups in total. The number of nitrogens with one attached hydrogen (secondary N) is 2. The van der Waals surface area contributed by atoms with Crippen LogP contribution in [-0.2, 0) is 6.54 Å². The monoisotopic (exact) mass is 239 g/mol. The van der Waals surface area contributed by atoms with Crippen molar-refractivity contribution in [3.63, 3.8) is 0 Å². The summed E-state index contributed by atoms with van der Waals surface area (Å²) in [6.45, 7) is 3.13. The van der Waals surface area contributed by atoms with Gasteiger partial charge in [0.2, 0.25) is 0 Å². The summed E-state index contributed by atoms with van der Waals surface area (Å²) in [7, 11) is 0. The SMILES string of the molecule is CCS[C@H]1CCCC[C@H]1NCc1ncc[nH]1. The molecule has 0 unspecified atom stereocenters. The zero-order valence-electron chi connectivity index (χ0n) is 9.91. The van der Waals surface area contributed by atoms with Crippen molar-refractivity contribution in [2.24, 2.45) is 0 Å². The van der Waals surface area contributed by atoms with Crippen molar-refractivity contribution in [3.05, 3.63) is 18.2 Å². The van der Waals surface area contributed by atoms with Crippen molar-refractivity contribution < 1.29 is 0 Å². The third kappa shape index (κ3) is 3.25. The van der Waals surface area contributed by atoms with E-state index in [2.05, 4.69) is 34.0 Å². The summed E-state index contributed by atoms with van der Waals surface area (Å²) in [5, 5.41) is 4.44. The molecule has 1 saturated carbocycles. The number of imidazole rings is 1. The average molecular weight is 239 g/mol. The van der Waals surface area contributed by atoms with E-state index in [1.54, 1.807) is 0 Å². The predicted octanol–water partition coefficient (Wildman–Crippen LogP) is 2.56. The lowest BCUT2D eigenvalue weighted by molar-refractivity contribution is 0.380. The van der Waals surface area contributed by atoms with Crippen molar-refractivity contribution in [1.82, 2.24) is 15.3 Å². The number of aromatic amines is 1. The van der Waals surface area contributed by atoms with E-state index in [9.17, 15) is 0 Å². The normalized spacial score (nSPS) is 25.8. The van der Waals surface area contributed by atoms with Crippen molar-refractivity contribution in [3.8, 4) is 0 Å². The van der Waals surface area contributed by atoms with Crippen LogP contribution in [0.5, 0.6) is 0 Å². The first-order chi connectivity index (χ1) is 7.90. The van der Waals surface area contributed by atoms with E-state index < -0.39 is 0 Å². The topological polar surface area (TPSA) is 40.7 Å². The fraction of sp³-hybridized carbons (Fsp3) is 0.750. The second kappa shape index (κ2) is 6.30. The van der Waals surface area contributed by atoms with Crippen LogP contribution in [0.25, 0.3) is 0 Å². The quantitative estimate of drug-likeness (QED) is 0.829. The molecule has 0 spiro atoms. The number of hydrogen-bond acceptors (Lipinski definition) is 3. The lowest BCUT2D eigenvalue weighted by atomic mass is 9.95. The smallest absolute Gasteiger partial charge is 0.120 e. The summed E-state index contributed by atoms with van der Waals surface area (Å²) < 4.78 is 0. The van der Waals surface area contributed by atoms with Gasteiger partial charge < -0.3 is 10.3 Å². The van der Waals surface area contributed by atoms with Gasteiger partial charge in [-0.15, -0.1) is 0 Å². The highest BCUT2D eigenvalue weighted by Crippen LogP contribution is 2.28. The Kier molecular flexibility index (Phi) is 4.72. The van der Waals surface area contributed by atoms with Crippen molar-refractivity contribution in [2.75, 3.05) is 5.75 Å². The van der Waals surface area contributed by atoms with Crippen molar-refractivity contribution in [2.45, 2.75) is 50.4 Å². The van der Waals surface area contributed by atoms with Crippen LogP contribution in [0, 0.1) is 0 Å². The first kappa shape index (κ1) is 12.0. The maximum atomic E-state index is 4.25. The molecule has 2 rings (SSSR count). The van der Waals surface area contributed by atoms with Gasteiger partial charge in [-0.1, -0.05) is 19.8 Å². The minimum Gasteiger partial charge on any atom is -0.348 e. The molecule has 16 heavy (non-hydrogen) atoms. The molecule has 0 bridgehead atoms. The van der Waals surface area contributed by atoms with E-state index in [0.717, 1.165) is 17.6 Å². The Morgan fingerprint density at radius 3 is 3.12 bits per heavy atom. The van der Waals surface area contributed by atoms with Gasteiger partial charge in [0.15, 0.2) is 0 Å². The number of H-pyrrole nitrogens is 1. The zero-order chi connectivity index (χ0) is 11.2. The summed E-state index contributed by atoms with van der Waals surface area (Å²) in [5.41, 5.74) is 0. The molecule has 90 valence electrons. The molecule has 4 heteroatoms. The molecule has 1 aliphatic carbocycles. The highest BCUT2D eigenvalue weighted by molar-refractivity contribution is 7.99. The highest BCUT2D eigenvalue weighted by Gasteiger charge is 2.24. The van der Waals surface area contributed by atoms with E-state index in [1.165, 1.54) is 31.4 Å². The molecule has 3 nitrogen and oxygen atoms in total. The molecular formula is C12H21N3S. The van der Waals surface area contributed by atoms with Crippen LogP contribution in [0.1, 0.15) is 38.4 Å². The second-order valence-electron chi connectivity index (χ2n) is 4.30. The Morgan fingerprint density at radius 1 is 1.50 bits per heavy atom. The molecule has 0 radical (unpaired) electrons. The van der Waals surface area contributed by atoms with Gasteiger partial charge in [-0.2, -0.15) is 11.8 Å². The molecular weight excluding hydrogens is 218 g/mol. The van der Waals surface area contributed by atoms with Crippen LogP contribution in [0.3, 0.4) is 0 Å². The van der Waals surface area contributed by atoms with Gasteiger partial charge in [-0.05, 0) is 18.6 Å². The molecule has 1 aromatic rings. The minimum absolute atomic E-state index is 0.670. The zero-order valence-corrected chi connectivity index (χ0v) is 10.7. The Balaban J connectivity index is 1.81. The molecule has 1 fully saturated rings. The van der Waals surface area contributed by atoms with Gasteiger partial charge in [-0.25, -0.2) is 4.98 Å². The highest BCUT2D eigenvalue weighted by atomic mass is 32.2. The van der Waals surface area contributed by atoms with E-state index in [0.29, 0.717) is 6.04 Å². The maximum Gasteiger partial charge on any atom is 0.120 e. The van der Waals surface area contributed by atoms with Gasteiger partial charge in [0.05, 0.1) is 6.54 Å². The number of rotatable bonds is 5. The molecule has 1 heterocycles. The maximum absolute atomic E-state index is 4.25. The molecule has 0 aliphatic heterocycles. The van der Waals surface area contributed by atoms with Crippen LogP contribution in [0.4, 0.5) is 0 Å². The standard InChI is InChI=1S/C12H21N3S/c1-2-16-11-6-4-3-5-10(11)15-9-12-13-7-8-14-12/h7-8,10-11,15H,2-6,9H2,1H3,(H,13,14)/t10-,11+/m1/s1. The summed E-state index contributed by atoms with van der Waals surface area (Å²) in [6.07, 6.45) is 9.16. The first-order valence-electron chi connectivity index (χ1n) is 6.23. The minimum atomic E-state index is 0.670. The van der Waals surface area contributed by atoms with Gasteiger partial charge >= 0.3 is 0 Å². The van der Waals surface area contributed by atoms with Crippen molar-refractivity contribution >= 4 is 11.8 Å². The van der Waals surface area contributed by atoms with Gasteiger partial charge in [0, 0.05) is 23.7 Å². The third-order valence-corrected chi connectivity index (χ3v) is 4.50. The molecule has 0 saturated heterocycles. The van der Waals surface area contributed by atoms with E-state index in [1.807, 2.05) is 12.4 Å². The van der Waals surface area contributed by atoms with Crippen LogP contribution < -0.4 is 5.32 Å². The lowest BCUT2D eigenvalue weighted by Crippen LogP contribution is -2.40. The van der Waals surface area contributed by atoms with Gasteiger partial charge in [-0.3, -0.25) is 0 Å². The van der Waals surface area contributed by atoms with Gasteiger partial charge in [0.1, 0.15) is 5.82 Å². The summed E-state index contributed by atoms with van der Waals surface area (Å²) in [4.78, 5) is 7.39. The Bertz CT molecular complexity index is 284. The summed E-state index contributed by atoms with van der Waals surface area (Å²) in [5.74, 6) is 2.27. The fourth-order valence-corrected chi connectivity index (χ4v) is 3.59. The third-order valence-electron chi connectivity index (χ3n) is 3.17. The molecule has 2 atom stereocenters. The Morgan fingerprint density at radius 2 is 2.38 bits per heavy atom. The number of aromatic nitrogens is 2. The van der Waals surface area contributed by atoms with Crippen LogP contribution in [0.2, 0.25) is 0 Å². The summed E-state index contributed by atoms with van der Waals surface area (Å²) >= 11 is 2.10. The van der Waals surface area contributed by atoms with E-state index in [-0.39, 0.29) is 0 Å². The molecule has 0 amide bonds.